The summed E-state index contributed by atoms with van der Waals surface area (Å²) >= 11 is 0. The summed E-state index contributed by atoms with van der Waals surface area (Å²) in [6.07, 6.45) is 1.64. The second kappa shape index (κ2) is 10.2. The van der Waals surface area contributed by atoms with Gasteiger partial charge in [-0.15, -0.1) is 0 Å². The third-order valence-corrected chi connectivity index (χ3v) is 6.57. The molecule has 5 rings (SSSR count). The molecule has 184 valence electrons. The maximum Gasteiger partial charge on any atom is 0.290 e. The molecule has 0 aliphatic carbocycles. The largest absolute Gasteiger partial charge is 0.494 e. The highest BCUT2D eigenvalue weighted by atomic mass is 19.1. The molecule has 0 spiro atoms. The maximum atomic E-state index is 13.9. The summed E-state index contributed by atoms with van der Waals surface area (Å²) in [6, 6.07) is 10.6. The van der Waals surface area contributed by atoms with Crippen molar-refractivity contribution in [2.45, 2.75) is 25.8 Å². The van der Waals surface area contributed by atoms with E-state index in [0.29, 0.717) is 26.4 Å². The molecule has 2 aliphatic rings. The van der Waals surface area contributed by atoms with Gasteiger partial charge in [-0.1, -0.05) is 19.1 Å². The van der Waals surface area contributed by atoms with Crippen LogP contribution in [0.25, 0.3) is 11.0 Å². The SMILES string of the molecule is CCCOc1ccc([C@H]2c3c(oc4ccc(F)cc4c3=O)C(=O)N2CCCN2CCOCC2)cc1. The van der Waals surface area contributed by atoms with E-state index in [4.69, 9.17) is 13.9 Å². The van der Waals surface area contributed by atoms with E-state index in [9.17, 15) is 14.0 Å². The van der Waals surface area contributed by atoms with Gasteiger partial charge in [-0.3, -0.25) is 14.5 Å². The number of carbonyl (C=O) groups excluding carboxylic acids is 1. The summed E-state index contributed by atoms with van der Waals surface area (Å²) in [6.45, 7) is 7.10. The molecule has 3 heterocycles. The highest BCUT2D eigenvalue weighted by molar-refractivity contribution is 5.99. The molecular formula is C27H29FN2O5. The quantitative estimate of drug-likeness (QED) is 0.486. The second-order valence-electron chi connectivity index (χ2n) is 8.94. The van der Waals surface area contributed by atoms with Crippen LogP contribution < -0.4 is 10.2 Å². The summed E-state index contributed by atoms with van der Waals surface area (Å²) < 4.78 is 31.0. The number of fused-ring (bicyclic) bond motifs is 2. The van der Waals surface area contributed by atoms with Gasteiger partial charge in [0.1, 0.15) is 17.1 Å². The highest BCUT2D eigenvalue weighted by Gasteiger charge is 2.42. The van der Waals surface area contributed by atoms with E-state index < -0.39 is 11.9 Å². The molecule has 7 nitrogen and oxygen atoms in total. The van der Waals surface area contributed by atoms with E-state index in [1.165, 1.54) is 18.2 Å². The van der Waals surface area contributed by atoms with E-state index in [1.807, 2.05) is 31.2 Å². The molecule has 35 heavy (non-hydrogen) atoms. The Morgan fingerprint density at radius 3 is 2.57 bits per heavy atom. The average Bonchev–Trinajstić information content (AvgIpc) is 3.16. The van der Waals surface area contributed by atoms with Crippen LogP contribution in [0.3, 0.4) is 0 Å². The van der Waals surface area contributed by atoms with Crippen LogP contribution in [0.1, 0.15) is 47.5 Å². The van der Waals surface area contributed by atoms with Gasteiger partial charge < -0.3 is 18.8 Å². The van der Waals surface area contributed by atoms with E-state index >= 15 is 0 Å². The third-order valence-electron chi connectivity index (χ3n) is 6.57. The first-order valence-electron chi connectivity index (χ1n) is 12.2. The summed E-state index contributed by atoms with van der Waals surface area (Å²) in [4.78, 5) is 31.0. The van der Waals surface area contributed by atoms with Crippen LogP contribution >= 0.6 is 0 Å². The normalized spacial score (nSPS) is 18.3. The average molecular weight is 481 g/mol. The minimum Gasteiger partial charge on any atom is -0.494 e. The van der Waals surface area contributed by atoms with Crippen molar-refractivity contribution in [2.24, 2.45) is 0 Å². The van der Waals surface area contributed by atoms with Crippen molar-refractivity contribution in [3.8, 4) is 5.75 Å². The summed E-state index contributed by atoms with van der Waals surface area (Å²) in [5.74, 6) is -0.0737. The fraction of sp³-hybridized carbons (Fsp3) is 0.407. The van der Waals surface area contributed by atoms with Crippen molar-refractivity contribution in [1.82, 2.24) is 9.80 Å². The van der Waals surface area contributed by atoms with Crippen LogP contribution in [0.5, 0.6) is 5.75 Å². The molecule has 0 bridgehead atoms. The maximum absolute atomic E-state index is 13.9. The fourth-order valence-corrected chi connectivity index (χ4v) is 4.83. The number of benzene rings is 2. The molecule has 3 aromatic rings. The standard InChI is InChI=1S/C27H29FN2O5/c1-2-14-34-20-7-4-18(5-8-20)24-23-25(31)21-17-19(28)6-9-22(21)35-26(23)27(32)30(24)11-3-10-29-12-15-33-16-13-29/h4-9,17,24H,2-3,10-16H2,1H3/t24-/m0/s1. The van der Waals surface area contributed by atoms with Crippen LogP contribution in [0.15, 0.2) is 51.7 Å². The van der Waals surface area contributed by atoms with Crippen LogP contribution in [-0.4, -0.2) is 61.7 Å². The minimum atomic E-state index is -0.605. The molecule has 8 heteroatoms. The second-order valence-corrected chi connectivity index (χ2v) is 8.94. The summed E-state index contributed by atoms with van der Waals surface area (Å²) in [5.41, 5.74) is 0.888. The van der Waals surface area contributed by atoms with Crippen molar-refractivity contribution in [3.05, 3.63) is 75.4 Å². The predicted octanol–water partition coefficient (Wildman–Crippen LogP) is 3.99. The fourth-order valence-electron chi connectivity index (χ4n) is 4.83. The molecule has 1 amide bonds. The van der Waals surface area contributed by atoms with Crippen molar-refractivity contribution in [3.63, 3.8) is 0 Å². The molecule has 1 atom stereocenters. The van der Waals surface area contributed by atoms with Gasteiger partial charge in [0, 0.05) is 26.2 Å². The molecule has 0 unspecified atom stereocenters. The Bertz CT molecular complexity index is 1270. The Balaban J connectivity index is 1.50. The van der Waals surface area contributed by atoms with Gasteiger partial charge in [-0.25, -0.2) is 4.39 Å². The van der Waals surface area contributed by atoms with Crippen molar-refractivity contribution < 1.29 is 23.1 Å². The molecule has 1 aromatic heterocycles. The first kappa shape index (κ1) is 23.5. The van der Waals surface area contributed by atoms with Gasteiger partial charge in [0.25, 0.3) is 5.91 Å². The monoisotopic (exact) mass is 480 g/mol. The molecule has 0 radical (unpaired) electrons. The molecule has 0 saturated carbocycles. The lowest BCUT2D eigenvalue weighted by Crippen LogP contribution is -2.38. The number of nitrogens with zero attached hydrogens (tertiary/aromatic N) is 2. The number of morpholine rings is 1. The zero-order chi connectivity index (χ0) is 24.4. The molecule has 1 saturated heterocycles. The number of rotatable bonds is 8. The van der Waals surface area contributed by atoms with Crippen molar-refractivity contribution in [1.29, 1.82) is 0 Å². The van der Waals surface area contributed by atoms with Crippen LogP contribution in [0.2, 0.25) is 0 Å². The number of carbonyl (C=O) groups is 1. The van der Waals surface area contributed by atoms with Gasteiger partial charge in [0.15, 0.2) is 5.43 Å². The number of amides is 1. The third kappa shape index (κ3) is 4.68. The van der Waals surface area contributed by atoms with Gasteiger partial charge in [0.2, 0.25) is 5.76 Å². The number of hydrogen-bond acceptors (Lipinski definition) is 6. The topological polar surface area (TPSA) is 72.2 Å². The Labute approximate surface area is 203 Å². The summed E-state index contributed by atoms with van der Waals surface area (Å²) in [5, 5.41) is 0.139. The zero-order valence-corrected chi connectivity index (χ0v) is 19.8. The van der Waals surface area contributed by atoms with E-state index in [2.05, 4.69) is 4.90 Å². The molecule has 0 N–H and O–H groups in total. The Morgan fingerprint density at radius 1 is 1.06 bits per heavy atom. The van der Waals surface area contributed by atoms with E-state index in [0.717, 1.165) is 43.8 Å². The van der Waals surface area contributed by atoms with E-state index in [-0.39, 0.29) is 33.6 Å². The molecule has 1 fully saturated rings. The van der Waals surface area contributed by atoms with E-state index in [1.54, 1.807) is 4.90 Å². The molecule has 2 aliphatic heterocycles. The first-order valence-corrected chi connectivity index (χ1v) is 12.2. The lowest BCUT2D eigenvalue weighted by Gasteiger charge is -2.29. The lowest BCUT2D eigenvalue weighted by atomic mass is 9.98. The van der Waals surface area contributed by atoms with Crippen LogP contribution in [0.4, 0.5) is 4.39 Å². The first-order chi connectivity index (χ1) is 17.1. The number of ether oxygens (including phenoxy) is 2. The molecule has 2 aromatic carbocycles. The Hall–Kier alpha value is -3.23. The highest BCUT2D eigenvalue weighted by Crippen LogP contribution is 2.38. The van der Waals surface area contributed by atoms with Crippen LogP contribution in [0, 0.1) is 5.82 Å². The molecular weight excluding hydrogens is 451 g/mol. The van der Waals surface area contributed by atoms with Crippen molar-refractivity contribution in [2.75, 3.05) is 46.0 Å². The Kier molecular flexibility index (Phi) is 6.83. The van der Waals surface area contributed by atoms with Gasteiger partial charge in [-0.2, -0.15) is 0 Å². The smallest absolute Gasteiger partial charge is 0.290 e. The van der Waals surface area contributed by atoms with Crippen molar-refractivity contribution >= 4 is 16.9 Å². The Morgan fingerprint density at radius 2 is 1.83 bits per heavy atom. The minimum absolute atomic E-state index is 0.0387. The van der Waals surface area contributed by atoms with Gasteiger partial charge >= 0.3 is 0 Å². The van der Waals surface area contributed by atoms with Gasteiger partial charge in [-0.05, 0) is 48.7 Å². The predicted molar refractivity (Wildman–Crippen MR) is 129 cm³/mol. The van der Waals surface area contributed by atoms with Crippen LogP contribution in [-0.2, 0) is 4.74 Å². The zero-order valence-electron chi connectivity index (χ0n) is 19.8. The number of hydrogen-bond donors (Lipinski definition) is 0. The summed E-state index contributed by atoms with van der Waals surface area (Å²) in [7, 11) is 0. The lowest BCUT2D eigenvalue weighted by molar-refractivity contribution is 0.0353. The number of halogens is 1. The van der Waals surface area contributed by atoms with Gasteiger partial charge in [0.05, 0.1) is 36.8 Å².